The van der Waals surface area contributed by atoms with Crippen molar-refractivity contribution in [3.05, 3.63) is 21.2 Å². The molecule has 0 aromatic heterocycles. The van der Waals surface area contributed by atoms with E-state index in [0.717, 1.165) is 48.3 Å². The highest BCUT2D eigenvalue weighted by molar-refractivity contribution is 9.10. The third kappa shape index (κ3) is 2.39. The Kier molecular flexibility index (Phi) is 3.86. The fraction of sp³-hybridized carbons (Fsp3) is 0.667. The van der Waals surface area contributed by atoms with E-state index in [1.54, 1.807) is 0 Å². The van der Waals surface area contributed by atoms with Crippen molar-refractivity contribution >= 4 is 15.9 Å². The van der Waals surface area contributed by atoms with Crippen molar-refractivity contribution in [1.29, 1.82) is 0 Å². The van der Waals surface area contributed by atoms with Crippen molar-refractivity contribution in [3.8, 4) is 11.5 Å². The molecule has 1 fully saturated rings. The number of hydrogen-bond acceptors (Lipinski definition) is 4. The second-order valence-electron chi connectivity index (χ2n) is 7.40. The van der Waals surface area contributed by atoms with Gasteiger partial charge in [0.25, 0.3) is 0 Å². The Balaban J connectivity index is 1.87. The van der Waals surface area contributed by atoms with Gasteiger partial charge in [0.2, 0.25) is 0 Å². The van der Waals surface area contributed by atoms with Crippen molar-refractivity contribution in [2.75, 3.05) is 20.1 Å². The molecule has 5 heteroatoms. The smallest absolute Gasteiger partial charge is 0.138 e. The number of nitrogens with two attached hydrogens (primary N) is 1. The van der Waals surface area contributed by atoms with Crippen molar-refractivity contribution < 1.29 is 9.47 Å². The number of rotatable bonds is 2. The monoisotopic (exact) mass is 380 g/mol. The summed E-state index contributed by atoms with van der Waals surface area (Å²) in [4.78, 5) is 2.44. The van der Waals surface area contributed by atoms with Gasteiger partial charge in [-0.05, 0) is 55.7 Å². The maximum absolute atomic E-state index is 6.27. The summed E-state index contributed by atoms with van der Waals surface area (Å²) in [6, 6.07) is 0.387. The highest BCUT2D eigenvalue weighted by Crippen LogP contribution is 2.53. The van der Waals surface area contributed by atoms with Crippen LogP contribution in [-0.2, 0) is 12.8 Å². The molecule has 4 unspecified atom stereocenters. The third-order valence-corrected chi connectivity index (χ3v) is 6.34. The number of hydrogen-bond donors (Lipinski definition) is 1. The van der Waals surface area contributed by atoms with Gasteiger partial charge in [0.05, 0.1) is 4.47 Å². The average Bonchev–Trinajstić information content (AvgIpc) is 3.17. The van der Waals surface area contributed by atoms with Gasteiger partial charge in [0.15, 0.2) is 0 Å². The fourth-order valence-corrected chi connectivity index (χ4v) is 5.14. The van der Waals surface area contributed by atoms with E-state index in [2.05, 4.69) is 41.7 Å². The molecule has 4 atom stereocenters. The lowest BCUT2D eigenvalue weighted by molar-refractivity contribution is 0.242. The molecule has 23 heavy (non-hydrogen) atoms. The first-order valence-electron chi connectivity index (χ1n) is 8.60. The van der Waals surface area contributed by atoms with Crippen LogP contribution in [0.1, 0.15) is 43.0 Å². The average molecular weight is 381 g/mol. The van der Waals surface area contributed by atoms with E-state index in [1.807, 2.05) is 0 Å². The molecule has 3 aliphatic heterocycles. The van der Waals surface area contributed by atoms with Crippen LogP contribution in [0.4, 0.5) is 0 Å². The van der Waals surface area contributed by atoms with E-state index >= 15 is 0 Å². The normalized spacial score (nSPS) is 32.6. The second-order valence-corrected chi connectivity index (χ2v) is 8.19. The summed E-state index contributed by atoms with van der Waals surface area (Å²) in [6.45, 7) is 6.11. The van der Waals surface area contributed by atoms with Crippen LogP contribution < -0.4 is 15.2 Å². The quantitative estimate of drug-likeness (QED) is 0.856. The molecule has 0 aliphatic carbocycles. The van der Waals surface area contributed by atoms with Gasteiger partial charge in [-0.1, -0.05) is 0 Å². The van der Waals surface area contributed by atoms with E-state index < -0.39 is 0 Å². The first kappa shape index (κ1) is 15.7. The van der Waals surface area contributed by atoms with Crippen molar-refractivity contribution in [2.45, 2.75) is 51.4 Å². The second kappa shape index (κ2) is 5.64. The molecule has 4 nitrogen and oxygen atoms in total. The van der Waals surface area contributed by atoms with Crippen molar-refractivity contribution in [3.63, 3.8) is 0 Å². The summed E-state index contributed by atoms with van der Waals surface area (Å²) in [6.07, 6.45) is 3.49. The number of nitrogens with zero attached hydrogens (tertiary/aromatic N) is 1. The predicted octanol–water partition coefficient (Wildman–Crippen LogP) is 3.05. The summed E-state index contributed by atoms with van der Waals surface area (Å²) in [5.74, 6) is 2.72. The minimum atomic E-state index is 0.233. The van der Waals surface area contributed by atoms with Crippen LogP contribution in [-0.4, -0.2) is 37.2 Å². The highest BCUT2D eigenvalue weighted by Gasteiger charge is 2.41. The topological polar surface area (TPSA) is 47.7 Å². The SMILES string of the molecule is CC1Cc2c(c(Br)c3c(c2C2CC(CN)CN2C)OC(C)C3)O1. The number of halogens is 1. The van der Waals surface area contributed by atoms with Crippen LogP contribution >= 0.6 is 15.9 Å². The molecule has 1 aromatic rings. The van der Waals surface area contributed by atoms with Crippen LogP contribution in [0.15, 0.2) is 4.47 Å². The van der Waals surface area contributed by atoms with Crippen LogP contribution in [0.3, 0.4) is 0 Å². The lowest BCUT2D eigenvalue weighted by Gasteiger charge is -2.25. The van der Waals surface area contributed by atoms with Gasteiger partial charge in [0.1, 0.15) is 23.7 Å². The molecule has 2 N–H and O–H groups in total. The lowest BCUT2D eigenvalue weighted by atomic mass is 9.90. The van der Waals surface area contributed by atoms with E-state index in [4.69, 9.17) is 15.2 Å². The zero-order valence-corrected chi connectivity index (χ0v) is 15.6. The van der Waals surface area contributed by atoms with Crippen LogP contribution in [0, 0.1) is 5.92 Å². The molecule has 1 aromatic carbocycles. The first-order chi connectivity index (χ1) is 11.0. The zero-order valence-electron chi connectivity index (χ0n) is 14.1. The van der Waals surface area contributed by atoms with Crippen molar-refractivity contribution in [2.24, 2.45) is 11.7 Å². The number of fused-ring (bicyclic) bond motifs is 2. The Morgan fingerprint density at radius 3 is 2.43 bits per heavy atom. The summed E-state index contributed by atoms with van der Waals surface area (Å²) < 4.78 is 13.5. The molecule has 0 saturated carbocycles. The minimum Gasteiger partial charge on any atom is -0.490 e. The Hall–Kier alpha value is -0.780. The van der Waals surface area contributed by atoms with Gasteiger partial charge in [-0.25, -0.2) is 0 Å². The van der Waals surface area contributed by atoms with Gasteiger partial charge in [-0.3, -0.25) is 4.90 Å². The summed E-state index contributed by atoms with van der Waals surface area (Å²) in [5.41, 5.74) is 9.93. The van der Waals surface area contributed by atoms with Gasteiger partial charge in [0, 0.05) is 42.1 Å². The van der Waals surface area contributed by atoms with Gasteiger partial charge >= 0.3 is 0 Å². The molecule has 0 bridgehead atoms. The summed E-state index contributed by atoms with van der Waals surface area (Å²) in [7, 11) is 2.21. The maximum Gasteiger partial charge on any atom is 0.138 e. The predicted molar refractivity (Wildman–Crippen MR) is 94.3 cm³/mol. The highest BCUT2D eigenvalue weighted by atomic mass is 79.9. The molecule has 126 valence electrons. The lowest BCUT2D eigenvalue weighted by Crippen LogP contribution is -2.21. The molecule has 0 radical (unpaired) electrons. The van der Waals surface area contributed by atoms with Crippen LogP contribution in [0.5, 0.6) is 11.5 Å². The van der Waals surface area contributed by atoms with Crippen LogP contribution in [0.25, 0.3) is 0 Å². The van der Waals surface area contributed by atoms with E-state index in [9.17, 15) is 0 Å². The molecule has 0 amide bonds. The van der Waals surface area contributed by atoms with E-state index in [0.29, 0.717) is 12.0 Å². The molecule has 3 heterocycles. The molecular formula is C18H25BrN2O2. The summed E-state index contributed by atoms with van der Waals surface area (Å²) in [5, 5.41) is 0. The van der Waals surface area contributed by atoms with Gasteiger partial charge < -0.3 is 15.2 Å². The first-order valence-corrected chi connectivity index (χ1v) is 9.39. The maximum atomic E-state index is 6.27. The largest absolute Gasteiger partial charge is 0.490 e. The minimum absolute atomic E-state index is 0.233. The molecule has 3 aliphatic rings. The van der Waals surface area contributed by atoms with Gasteiger partial charge in [-0.2, -0.15) is 0 Å². The third-order valence-electron chi connectivity index (χ3n) is 5.50. The fourth-order valence-electron chi connectivity index (χ4n) is 4.46. The molecule has 1 saturated heterocycles. The number of benzene rings is 1. The Morgan fingerprint density at radius 2 is 1.78 bits per heavy atom. The number of likely N-dealkylation sites (tertiary alicyclic amines) is 1. The standard InChI is InChI=1S/C18H25BrN2O2/c1-9-4-12-15(14-6-11(7-20)8-21(14)3)17-13(5-10(2)22-17)16(19)18(12)23-9/h9-11,14H,4-8,20H2,1-3H3. The summed E-state index contributed by atoms with van der Waals surface area (Å²) >= 11 is 3.78. The Bertz CT molecular complexity index is 609. The van der Waals surface area contributed by atoms with Gasteiger partial charge in [-0.15, -0.1) is 0 Å². The Labute approximate surface area is 146 Å². The zero-order chi connectivity index (χ0) is 16.3. The Morgan fingerprint density at radius 1 is 1.13 bits per heavy atom. The molecule has 0 spiro atoms. The van der Waals surface area contributed by atoms with Crippen LogP contribution in [0.2, 0.25) is 0 Å². The van der Waals surface area contributed by atoms with Crippen molar-refractivity contribution in [1.82, 2.24) is 4.90 Å². The molecular weight excluding hydrogens is 356 g/mol. The van der Waals surface area contributed by atoms with E-state index in [-0.39, 0.29) is 12.2 Å². The molecule has 4 rings (SSSR count). The number of ether oxygens (including phenoxy) is 2. The van der Waals surface area contributed by atoms with E-state index in [1.165, 1.54) is 16.7 Å².